The molecule has 3 N–H and O–H groups in total. The van der Waals surface area contributed by atoms with Gasteiger partial charge < -0.3 is 15.7 Å². The smallest absolute Gasteiger partial charge is 0.231 e. The highest BCUT2D eigenvalue weighted by Gasteiger charge is 2.27. The van der Waals surface area contributed by atoms with E-state index in [1.165, 1.54) is 5.56 Å². The number of phenolic OH excluding ortho intramolecular Hbond substituents is 1. The van der Waals surface area contributed by atoms with E-state index in [2.05, 4.69) is 0 Å². The lowest BCUT2D eigenvalue weighted by Crippen LogP contribution is -2.41. The Balaban J connectivity index is 1.81. The number of hydrogen-bond acceptors (Lipinski definition) is 3. The summed E-state index contributed by atoms with van der Waals surface area (Å²) in [5, 5.41) is 9.62. The minimum absolute atomic E-state index is 0.0580. The number of aromatic hydroxyl groups is 1. The van der Waals surface area contributed by atoms with E-state index in [0.29, 0.717) is 19.6 Å². The highest BCUT2D eigenvalue weighted by atomic mass is 16.3. The van der Waals surface area contributed by atoms with Crippen LogP contribution in [0.4, 0.5) is 0 Å². The summed E-state index contributed by atoms with van der Waals surface area (Å²) >= 11 is 0. The number of fused-ring (bicyclic) bond motifs is 1. The minimum Gasteiger partial charge on any atom is -0.508 e. The lowest BCUT2D eigenvalue weighted by molar-refractivity contribution is -0.133. The summed E-state index contributed by atoms with van der Waals surface area (Å²) in [4.78, 5) is 14.6. The summed E-state index contributed by atoms with van der Waals surface area (Å²) in [7, 11) is 0. The molecule has 0 fully saturated rings. The standard InChI is InChI=1S/C18H20N2O2/c19-11-17(14-4-2-1-3-5-14)18(22)20-9-8-13-6-7-16(21)10-15(13)12-20/h1-7,10,17,21H,8-9,11-12,19H2. The normalized spacial score (nSPS) is 15.2. The fourth-order valence-corrected chi connectivity index (χ4v) is 3.02. The molecule has 0 aliphatic carbocycles. The zero-order chi connectivity index (χ0) is 15.5. The first-order chi connectivity index (χ1) is 10.7. The van der Waals surface area contributed by atoms with Crippen LogP contribution in [0.1, 0.15) is 22.6 Å². The fraction of sp³-hybridized carbons (Fsp3) is 0.278. The number of phenols is 1. The van der Waals surface area contributed by atoms with Crippen LogP contribution in [0.5, 0.6) is 5.75 Å². The predicted molar refractivity (Wildman–Crippen MR) is 85.5 cm³/mol. The van der Waals surface area contributed by atoms with Gasteiger partial charge in [0, 0.05) is 19.6 Å². The Morgan fingerprint density at radius 1 is 1.18 bits per heavy atom. The van der Waals surface area contributed by atoms with Crippen molar-refractivity contribution in [2.75, 3.05) is 13.1 Å². The summed E-state index contributed by atoms with van der Waals surface area (Å²) in [6.07, 6.45) is 0.813. The summed E-state index contributed by atoms with van der Waals surface area (Å²) in [5.41, 5.74) is 9.02. The van der Waals surface area contributed by atoms with Gasteiger partial charge in [0.05, 0.1) is 5.92 Å². The molecule has 1 aliphatic heterocycles. The summed E-state index contributed by atoms with van der Waals surface area (Å²) in [6.45, 7) is 1.53. The monoisotopic (exact) mass is 296 g/mol. The molecule has 0 aromatic heterocycles. The van der Waals surface area contributed by atoms with Crippen LogP contribution >= 0.6 is 0 Å². The Bertz CT molecular complexity index is 670. The Labute approximate surface area is 130 Å². The second-order valence-electron chi connectivity index (χ2n) is 5.66. The lowest BCUT2D eigenvalue weighted by atomic mass is 9.94. The van der Waals surface area contributed by atoms with Crippen LogP contribution in [-0.4, -0.2) is 29.0 Å². The Morgan fingerprint density at radius 2 is 1.95 bits per heavy atom. The van der Waals surface area contributed by atoms with Crippen LogP contribution in [0.3, 0.4) is 0 Å². The van der Waals surface area contributed by atoms with Crippen molar-refractivity contribution in [2.24, 2.45) is 5.73 Å². The molecule has 0 saturated heterocycles. The quantitative estimate of drug-likeness (QED) is 0.910. The molecule has 1 unspecified atom stereocenters. The lowest BCUT2D eigenvalue weighted by Gasteiger charge is -2.31. The Morgan fingerprint density at radius 3 is 2.68 bits per heavy atom. The number of amides is 1. The van der Waals surface area contributed by atoms with Crippen molar-refractivity contribution < 1.29 is 9.90 Å². The predicted octanol–water partition coefficient (Wildman–Crippen LogP) is 2.02. The van der Waals surface area contributed by atoms with Crippen LogP contribution < -0.4 is 5.73 Å². The molecule has 4 heteroatoms. The molecule has 4 nitrogen and oxygen atoms in total. The van der Waals surface area contributed by atoms with Crippen LogP contribution in [0.25, 0.3) is 0 Å². The van der Waals surface area contributed by atoms with Crippen molar-refractivity contribution in [1.82, 2.24) is 4.90 Å². The minimum atomic E-state index is -0.306. The van der Waals surface area contributed by atoms with Crippen molar-refractivity contribution in [3.8, 4) is 5.75 Å². The van der Waals surface area contributed by atoms with E-state index in [-0.39, 0.29) is 17.6 Å². The maximum atomic E-state index is 12.8. The van der Waals surface area contributed by atoms with Crippen molar-refractivity contribution in [3.05, 3.63) is 65.2 Å². The molecule has 0 saturated carbocycles. The second kappa shape index (κ2) is 6.20. The van der Waals surface area contributed by atoms with Crippen molar-refractivity contribution >= 4 is 5.91 Å². The van der Waals surface area contributed by atoms with Gasteiger partial charge in [-0.05, 0) is 35.2 Å². The number of carbonyl (C=O) groups is 1. The summed E-state index contributed by atoms with van der Waals surface area (Å²) in [6, 6.07) is 15.0. The van der Waals surface area contributed by atoms with Gasteiger partial charge in [0.1, 0.15) is 5.75 Å². The van der Waals surface area contributed by atoms with Gasteiger partial charge in [0.2, 0.25) is 5.91 Å². The molecular weight excluding hydrogens is 276 g/mol. The fourth-order valence-electron chi connectivity index (χ4n) is 3.02. The van der Waals surface area contributed by atoms with Crippen molar-refractivity contribution in [2.45, 2.75) is 18.9 Å². The van der Waals surface area contributed by atoms with Crippen molar-refractivity contribution in [1.29, 1.82) is 0 Å². The molecule has 1 atom stereocenters. The topological polar surface area (TPSA) is 66.6 Å². The molecule has 1 aliphatic rings. The average Bonchev–Trinajstić information content (AvgIpc) is 2.55. The first-order valence-corrected chi connectivity index (χ1v) is 7.53. The zero-order valence-corrected chi connectivity index (χ0v) is 12.4. The molecular formula is C18H20N2O2. The van der Waals surface area contributed by atoms with Gasteiger partial charge in [-0.3, -0.25) is 4.79 Å². The van der Waals surface area contributed by atoms with Gasteiger partial charge in [0.15, 0.2) is 0 Å². The second-order valence-corrected chi connectivity index (χ2v) is 5.66. The maximum absolute atomic E-state index is 12.8. The van der Waals surface area contributed by atoms with E-state index in [4.69, 9.17) is 5.73 Å². The van der Waals surface area contributed by atoms with Gasteiger partial charge in [-0.25, -0.2) is 0 Å². The molecule has 114 valence electrons. The largest absolute Gasteiger partial charge is 0.508 e. The van der Waals surface area contributed by atoms with Gasteiger partial charge in [-0.1, -0.05) is 36.4 Å². The first-order valence-electron chi connectivity index (χ1n) is 7.53. The number of hydrogen-bond donors (Lipinski definition) is 2. The van der Waals surface area contributed by atoms with Crippen LogP contribution in [-0.2, 0) is 17.8 Å². The van der Waals surface area contributed by atoms with E-state index in [1.54, 1.807) is 12.1 Å². The van der Waals surface area contributed by atoms with E-state index in [1.807, 2.05) is 41.3 Å². The molecule has 0 radical (unpaired) electrons. The van der Waals surface area contributed by atoms with Gasteiger partial charge in [-0.15, -0.1) is 0 Å². The molecule has 3 rings (SSSR count). The molecule has 2 aromatic carbocycles. The van der Waals surface area contributed by atoms with E-state index < -0.39 is 0 Å². The molecule has 2 aromatic rings. The van der Waals surface area contributed by atoms with E-state index >= 15 is 0 Å². The third-order valence-corrected chi connectivity index (χ3v) is 4.25. The SMILES string of the molecule is NCC(C(=O)N1CCc2ccc(O)cc2C1)c1ccccc1. The number of benzene rings is 2. The maximum Gasteiger partial charge on any atom is 0.231 e. The highest BCUT2D eigenvalue weighted by molar-refractivity contribution is 5.84. The highest BCUT2D eigenvalue weighted by Crippen LogP contribution is 2.26. The van der Waals surface area contributed by atoms with Crippen LogP contribution in [0.2, 0.25) is 0 Å². The number of nitrogens with zero attached hydrogens (tertiary/aromatic N) is 1. The van der Waals surface area contributed by atoms with Gasteiger partial charge >= 0.3 is 0 Å². The first kappa shape index (κ1) is 14.6. The van der Waals surface area contributed by atoms with Crippen molar-refractivity contribution in [3.63, 3.8) is 0 Å². The Hall–Kier alpha value is -2.33. The van der Waals surface area contributed by atoms with E-state index in [0.717, 1.165) is 17.5 Å². The molecule has 0 bridgehead atoms. The molecule has 1 amide bonds. The Kier molecular flexibility index (Phi) is 4.11. The summed E-state index contributed by atoms with van der Waals surface area (Å²) < 4.78 is 0. The summed E-state index contributed by atoms with van der Waals surface area (Å²) in [5.74, 6) is -0.00534. The average molecular weight is 296 g/mol. The van der Waals surface area contributed by atoms with Crippen LogP contribution in [0, 0.1) is 0 Å². The molecule has 0 spiro atoms. The number of carbonyl (C=O) groups excluding carboxylic acids is 1. The molecule has 1 heterocycles. The zero-order valence-electron chi connectivity index (χ0n) is 12.4. The number of rotatable bonds is 3. The van der Waals surface area contributed by atoms with Gasteiger partial charge in [-0.2, -0.15) is 0 Å². The third-order valence-electron chi connectivity index (χ3n) is 4.25. The van der Waals surface area contributed by atoms with Crippen LogP contribution in [0.15, 0.2) is 48.5 Å². The van der Waals surface area contributed by atoms with Gasteiger partial charge in [0.25, 0.3) is 0 Å². The number of nitrogens with two attached hydrogens (primary N) is 1. The third kappa shape index (κ3) is 2.83. The van der Waals surface area contributed by atoms with E-state index in [9.17, 15) is 9.90 Å². The molecule has 22 heavy (non-hydrogen) atoms.